The molecule has 3 aromatic rings. The molecule has 1 aliphatic rings. The molecular formula is C25H28N2O3. The molecule has 1 aliphatic carbocycles. The van der Waals surface area contributed by atoms with Crippen LogP contribution in [0.1, 0.15) is 35.6 Å². The van der Waals surface area contributed by atoms with E-state index >= 15 is 0 Å². The molecule has 0 atom stereocenters. The second-order valence-electron chi connectivity index (χ2n) is 7.24. The molecule has 0 fully saturated rings. The van der Waals surface area contributed by atoms with Crippen LogP contribution in [0.5, 0.6) is 5.75 Å². The highest BCUT2D eigenvalue weighted by molar-refractivity contribution is 5.63. The van der Waals surface area contributed by atoms with E-state index in [4.69, 9.17) is 14.6 Å². The van der Waals surface area contributed by atoms with E-state index in [1.54, 1.807) is 6.20 Å². The molecule has 1 heterocycles. The van der Waals surface area contributed by atoms with E-state index in [1.807, 2.05) is 18.2 Å². The largest absolute Gasteiger partial charge is 0.494 e. The van der Waals surface area contributed by atoms with Crippen LogP contribution in [-0.4, -0.2) is 29.2 Å². The second-order valence-corrected chi connectivity index (χ2v) is 7.24. The van der Waals surface area contributed by atoms with Gasteiger partial charge in [-0.2, -0.15) is 0 Å². The molecule has 0 spiro atoms. The Labute approximate surface area is 177 Å². The van der Waals surface area contributed by atoms with Crippen molar-refractivity contribution >= 4 is 11.8 Å². The van der Waals surface area contributed by atoms with Crippen LogP contribution in [0.4, 0.5) is 5.82 Å². The minimum absolute atomic E-state index is 0.704. The summed E-state index contributed by atoms with van der Waals surface area (Å²) < 4.78 is 5.98. The number of rotatable bonds is 6. The number of aromatic nitrogens is 1. The van der Waals surface area contributed by atoms with Crippen LogP contribution in [0.15, 0.2) is 66.9 Å². The Balaban J connectivity index is 0.000000589. The molecule has 0 aliphatic heterocycles. The van der Waals surface area contributed by atoms with Crippen molar-refractivity contribution < 1.29 is 14.6 Å². The van der Waals surface area contributed by atoms with Gasteiger partial charge in [0.15, 0.2) is 0 Å². The lowest BCUT2D eigenvalue weighted by molar-refractivity contribution is -0.134. The fourth-order valence-electron chi connectivity index (χ4n) is 3.49. The third-order valence-electron chi connectivity index (χ3n) is 4.90. The van der Waals surface area contributed by atoms with E-state index < -0.39 is 5.97 Å². The van der Waals surface area contributed by atoms with Crippen molar-refractivity contribution in [3.8, 4) is 5.75 Å². The van der Waals surface area contributed by atoms with Gasteiger partial charge in [-0.05, 0) is 72.2 Å². The fourth-order valence-corrected chi connectivity index (χ4v) is 3.49. The van der Waals surface area contributed by atoms with Gasteiger partial charge in [-0.1, -0.05) is 36.4 Å². The van der Waals surface area contributed by atoms with Gasteiger partial charge in [-0.25, -0.2) is 4.98 Å². The number of carbonyl (C=O) groups is 1. The summed E-state index contributed by atoms with van der Waals surface area (Å²) in [5.41, 5.74) is 5.78. The van der Waals surface area contributed by atoms with Gasteiger partial charge in [0.1, 0.15) is 11.6 Å². The van der Waals surface area contributed by atoms with Gasteiger partial charge in [-0.3, -0.25) is 4.79 Å². The number of pyridine rings is 1. The maximum Gasteiger partial charge on any atom is 0.300 e. The number of aryl methyl sites for hydroxylation is 2. The van der Waals surface area contributed by atoms with E-state index in [-0.39, 0.29) is 0 Å². The third-order valence-corrected chi connectivity index (χ3v) is 4.90. The number of aliphatic carboxylic acids is 1. The monoisotopic (exact) mass is 404 g/mol. The number of carboxylic acids is 1. The van der Waals surface area contributed by atoms with Crippen LogP contribution in [0.2, 0.25) is 0 Å². The Kier molecular flexibility index (Phi) is 7.84. The smallest absolute Gasteiger partial charge is 0.300 e. The molecule has 1 aromatic heterocycles. The minimum Gasteiger partial charge on any atom is -0.494 e. The minimum atomic E-state index is -0.833. The zero-order chi connectivity index (χ0) is 21.2. The summed E-state index contributed by atoms with van der Waals surface area (Å²) in [5, 5.41) is 10.7. The van der Waals surface area contributed by atoms with Crippen molar-refractivity contribution in [1.29, 1.82) is 0 Å². The number of benzene rings is 2. The lowest BCUT2D eigenvalue weighted by atomic mass is 10.0. The van der Waals surface area contributed by atoms with E-state index in [0.29, 0.717) is 6.61 Å². The highest BCUT2D eigenvalue weighted by Gasteiger charge is 2.13. The van der Waals surface area contributed by atoms with Crippen molar-refractivity contribution in [2.45, 2.75) is 32.6 Å². The van der Waals surface area contributed by atoms with E-state index in [2.05, 4.69) is 52.8 Å². The maximum atomic E-state index is 9.00. The summed E-state index contributed by atoms with van der Waals surface area (Å²) >= 11 is 0. The van der Waals surface area contributed by atoms with E-state index in [9.17, 15) is 0 Å². The zero-order valence-electron chi connectivity index (χ0n) is 17.3. The molecule has 0 radical (unpaired) electrons. The molecule has 0 bridgehead atoms. The van der Waals surface area contributed by atoms with Crippen LogP contribution in [0.25, 0.3) is 0 Å². The van der Waals surface area contributed by atoms with Gasteiger partial charge in [0.25, 0.3) is 5.97 Å². The van der Waals surface area contributed by atoms with Crippen LogP contribution in [-0.2, 0) is 24.1 Å². The predicted octanol–water partition coefficient (Wildman–Crippen LogP) is 4.74. The van der Waals surface area contributed by atoms with Crippen LogP contribution in [0.3, 0.4) is 0 Å². The molecule has 0 amide bonds. The summed E-state index contributed by atoms with van der Waals surface area (Å²) in [6.45, 7) is 2.64. The Morgan fingerprint density at radius 1 is 1.00 bits per heavy atom. The van der Waals surface area contributed by atoms with Crippen molar-refractivity contribution in [2.75, 3.05) is 18.5 Å². The van der Waals surface area contributed by atoms with Crippen LogP contribution >= 0.6 is 0 Å². The number of nitrogens with one attached hydrogen (secondary N) is 1. The summed E-state index contributed by atoms with van der Waals surface area (Å²) in [6.07, 6.45) is 5.98. The molecule has 5 nitrogen and oxygen atoms in total. The molecule has 156 valence electrons. The molecular weight excluding hydrogens is 376 g/mol. The summed E-state index contributed by atoms with van der Waals surface area (Å²) in [7, 11) is 0. The van der Waals surface area contributed by atoms with Crippen LogP contribution in [0, 0.1) is 0 Å². The molecule has 0 saturated heterocycles. The standard InChI is InChI=1S/C23H24N2O.C2H4O2/c1-2-7-20-16-21-17-22(12-11-19(21)10-9-18(20)6-1)26-15-5-14-25-23-8-3-4-13-24-23;1-2(3)4/h1-4,6-8,11-13,17H,5,9-10,14-16H2,(H,24,25);1H3,(H,3,4). The average Bonchev–Trinajstić information content (AvgIpc) is 2.93. The van der Waals surface area contributed by atoms with Gasteiger partial charge >= 0.3 is 0 Å². The number of fused-ring (bicyclic) bond motifs is 2. The number of nitrogens with zero attached hydrogens (tertiary/aromatic N) is 1. The molecule has 0 unspecified atom stereocenters. The van der Waals surface area contributed by atoms with Gasteiger partial charge in [0.05, 0.1) is 6.61 Å². The number of hydrogen-bond acceptors (Lipinski definition) is 4. The zero-order valence-corrected chi connectivity index (χ0v) is 17.3. The van der Waals surface area contributed by atoms with Gasteiger partial charge < -0.3 is 15.2 Å². The van der Waals surface area contributed by atoms with Crippen molar-refractivity contribution in [2.24, 2.45) is 0 Å². The number of ether oxygens (including phenoxy) is 1. The Bertz CT molecular complexity index is 954. The van der Waals surface area contributed by atoms with Gasteiger partial charge in [0, 0.05) is 19.7 Å². The molecule has 4 rings (SSSR count). The predicted molar refractivity (Wildman–Crippen MR) is 119 cm³/mol. The molecule has 5 heteroatoms. The lowest BCUT2D eigenvalue weighted by Gasteiger charge is -2.11. The van der Waals surface area contributed by atoms with E-state index in [0.717, 1.165) is 50.7 Å². The molecule has 30 heavy (non-hydrogen) atoms. The van der Waals surface area contributed by atoms with Crippen molar-refractivity contribution in [1.82, 2.24) is 4.98 Å². The summed E-state index contributed by atoms with van der Waals surface area (Å²) in [4.78, 5) is 13.3. The average molecular weight is 405 g/mol. The number of anilines is 1. The molecule has 2 aromatic carbocycles. The second kappa shape index (κ2) is 11.0. The maximum absolute atomic E-state index is 9.00. The normalized spacial score (nSPS) is 11.8. The molecule has 0 saturated carbocycles. The number of carboxylic acid groups (broad SMARTS) is 1. The topological polar surface area (TPSA) is 71.5 Å². The lowest BCUT2D eigenvalue weighted by Crippen LogP contribution is -2.08. The van der Waals surface area contributed by atoms with Crippen molar-refractivity contribution in [3.63, 3.8) is 0 Å². The first-order chi connectivity index (χ1) is 14.6. The van der Waals surface area contributed by atoms with Gasteiger partial charge in [0.2, 0.25) is 0 Å². The Hall–Kier alpha value is -3.34. The number of hydrogen-bond donors (Lipinski definition) is 2. The SMILES string of the molecule is CC(=O)O.c1ccc(NCCCOc2ccc3c(c2)Cc2ccccc2CC3)nc1. The first kappa shape index (κ1) is 21.4. The Morgan fingerprint density at radius 3 is 2.43 bits per heavy atom. The highest BCUT2D eigenvalue weighted by atomic mass is 16.5. The molecule has 2 N–H and O–H groups in total. The van der Waals surface area contributed by atoms with E-state index in [1.165, 1.54) is 22.3 Å². The highest BCUT2D eigenvalue weighted by Crippen LogP contribution is 2.27. The quantitative estimate of drug-likeness (QED) is 0.581. The summed E-state index contributed by atoms with van der Waals surface area (Å²) in [5.74, 6) is 1.05. The fraction of sp³-hybridized carbons (Fsp3) is 0.280. The van der Waals surface area contributed by atoms with Crippen molar-refractivity contribution in [3.05, 3.63) is 89.1 Å². The van der Waals surface area contributed by atoms with Crippen LogP contribution < -0.4 is 10.1 Å². The Morgan fingerprint density at radius 2 is 1.70 bits per heavy atom. The first-order valence-electron chi connectivity index (χ1n) is 10.3. The summed E-state index contributed by atoms with van der Waals surface area (Å²) in [6, 6.07) is 21.2. The first-order valence-corrected chi connectivity index (χ1v) is 10.3. The third kappa shape index (κ3) is 6.62. The van der Waals surface area contributed by atoms with Gasteiger partial charge in [-0.15, -0.1) is 0 Å².